The van der Waals surface area contributed by atoms with Gasteiger partial charge in [-0.05, 0) is 88.8 Å². The second-order valence-electron chi connectivity index (χ2n) is 19.9. The Morgan fingerprint density at radius 2 is 1.36 bits per heavy atom. The fourth-order valence-corrected chi connectivity index (χ4v) is 9.44. The van der Waals surface area contributed by atoms with Crippen LogP contribution in [0, 0.1) is 22.7 Å². The van der Waals surface area contributed by atoms with Crippen molar-refractivity contribution >= 4 is 5.97 Å². The predicted molar refractivity (Wildman–Crippen MR) is 255 cm³/mol. The number of hydrogen-bond acceptors (Lipinski definition) is 6. The quantitative estimate of drug-likeness (QED) is 0.0388. The average Bonchev–Trinajstić information content (AvgIpc) is 3.52. The summed E-state index contributed by atoms with van der Waals surface area (Å²) in [7, 11) is 0. The highest BCUT2D eigenvalue weighted by Gasteiger charge is 2.58. The summed E-state index contributed by atoms with van der Waals surface area (Å²) in [6, 6.07) is 0. The molecule has 0 amide bonds. The fourth-order valence-electron chi connectivity index (χ4n) is 9.44. The molecule has 0 aromatic rings. The Morgan fingerprint density at radius 1 is 0.803 bits per heavy atom. The van der Waals surface area contributed by atoms with Gasteiger partial charge in [-0.15, -0.1) is 0 Å². The molecule has 1 saturated carbocycles. The Hall–Kier alpha value is -3.21. The van der Waals surface area contributed by atoms with Gasteiger partial charge in [-0.3, -0.25) is 0 Å². The molecule has 6 heteroatoms. The van der Waals surface area contributed by atoms with Crippen LogP contribution in [-0.2, 0) is 14.3 Å². The monoisotopic (exact) mass is 841 g/mol. The van der Waals surface area contributed by atoms with E-state index in [9.17, 15) is 20.1 Å². The molecule has 1 fully saturated rings. The summed E-state index contributed by atoms with van der Waals surface area (Å²) in [5.74, 6) is 6.77. The van der Waals surface area contributed by atoms with E-state index in [0.29, 0.717) is 12.2 Å². The van der Waals surface area contributed by atoms with E-state index in [1.165, 1.54) is 127 Å². The third-order valence-corrected chi connectivity index (χ3v) is 13.0. The van der Waals surface area contributed by atoms with Crippen molar-refractivity contribution in [2.75, 3.05) is 6.61 Å². The molecule has 0 radical (unpaired) electrons. The molecular formula is C55H84O6. The molecule has 0 spiro atoms. The maximum absolute atomic E-state index is 12.6. The molecule has 6 nitrogen and oxygen atoms in total. The molecule has 61 heavy (non-hydrogen) atoms. The SMILES string of the molecule is CCCCCCCCCCCCCCCCCCO[C@@H]1CC(C)=C(C#C/C(C)=C/C=C/C=C/C=C(C)/C=C2C=C(/C=C/[C@@]3(O)C(C)(C)C[C@H](O)C[C@@]3(C)O)C(=O)O/2)C(C)(C)C1. The van der Waals surface area contributed by atoms with E-state index in [-0.39, 0.29) is 23.5 Å². The van der Waals surface area contributed by atoms with Gasteiger partial charge in [0.2, 0.25) is 0 Å². The number of unbranched alkanes of at least 4 members (excludes halogenated alkanes) is 15. The molecule has 4 atom stereocenters. The van der Waals surface area contributed by atoms with E-state index < -0.39 is 28.7 Å². The topological polar surface area (TPSA) is 96.2 Å². The van der Waals surface area contributed by atoms with E-state index in [0.717, 1.165) is 37.0 Å². The molecule has 2 aliphatic carbocycles. The lowest BCUT2D eigenvalue weighted by Crippen LogP contribution is -2.65. The van der Waals surface area contributed by atoms with Crippen LogP contribution in [0.3, 0.4) is 0 Å². The number of carbonyl (C=O) groups excluding carboxylic acids is 1. The van der Waals surface area contributed by atoms with Crippen LogP contribution in [0.4, 0.5) is 0 Å². The Labute approximate surface area is 372 Å². The molecule has 0 unspecified atom stereocenters. The van der Waals surface area contributed by atoms with Crippen LogP contribution >= 0.6 is 0 Å². The first-order valence-corrected chi connectivity index (χ1v) is 23.9. The van der Waals surface area contributed by atoms with Crippen LogP contribution in [0.1, 0.15) is 191 Å². The smallest absolute Gasteiger partial charge is 0.343 e. The Bertz CT molecular complexity index is 1690. The number of aliphatic hydroxyl groups excluding tert-OH is 1. The molecule has 0 bridgehead atoms. The predicted octanol–water partition coefficient (Wildman–Crippen LogP) is 13.4. The molecule has 1 aliphatic heterocycles. The van der Waals surface area contributed by atoms with Gasteiger partial charge in [0.25, 0.3) is 0 Å². The standard InChI is InChI=1S/C55H84O6/c1-10-11-12-13-14-15-16-17-18-19-20-21-22-23-26-29-36-60-49-38-45(4)50(52(5,6)42-49)33-32-43(2)30-27-24-25-28-31-44(3)37-48-39-46(51(57)61-48)34-35-55(59)53(7,8)40-47(56)41-54(55,9)58/h24-25,27-28,30-31,34-35,37,39,47,49,56,58-59H,10-23,26,29,36,38,40-42H2,1-9H3/b27-24+,28-25+,35-34+,43-30+,44-31+,48-37-/t47-,49+,54+,55+/m0/s1. The second-order valence-corrected chi connectivity index (χ2v) is 19.9. The summed E-state index contributed by atoms with van der Waals surface area (Å²) in [5, 5.41) is 32.8. The van der Waals surface area contributed by atoms with Crippen molar-refractivity contribution in [2.45, 2.75) is 214 Å². The minimum Gasteiger partial charge on any atom is -0.423 e. The van der Waals surface area contributed by atoms with Gasteiger partial charge in [0.05, 0.1) is 23.4 Å². The summed E-state index contributed by atoms with van der Waals surface area (Å²) >= 11 is 0. The normalized spacial score (nSPS) is 26.5. The third kappa shape index (κ3) is 17.5. The van der Waals surface area contributed by atoms with Gasteiger partial charge in [0, 0.05) is 29.4 Å². The van der Waals surface area contributed by atoms with Crippen LogP contribution in [0.15, 0.2) is 94.4 Å². The summed E-state index contributed by atoms with van der Waals surface area (Å²) in [4.78, 5) is 12.6. The zero-order chi connectivity index (χ0) is 44.9. The molecule has 3 N–H and O–H groups in total. The maximum Gasteiger partial charge on any atom is 0.343 e. The van der Waals surface area contributed by atoms with Gasteiger partial charge in [-0.2, -0.15) is 0 Å². The van der Waals surface area contributed by atoms with Crippen LogP contribution < -0.4 is 0 Å². The Morgan fingerprint density at radius 3 is 1.92 bits per heavy atom. The lowest BCUT2D eigenvalue weighted by atomic mass is 9.57. The molecular weight excluding hydrogens is 757 g/mol. The highest BCUT2D eigenvalue weighted by molar-refractivity contribution is 5.95. The minimum atomic E-state index is -1.64. The van der Waals surface area contributed by atoms with E-state index >= 15 is 0 Å². The number of aliphatic hydroxyl groups is 3. The summed E-state index contributed by atoms with van der Waals surface area (Å²) in [6.07, 6.45) is 42.1. The molecule has 340 valence electrons. The number of ether oxygens (including phenoxy) is 2. The second kappa shape index (κ2) is 25.8. The molecule has 0 aromatic heterocycles. The van der Waals surface area contributed by atoms with Gasteiger partial charge < -0.3 is 24.8 Å². The van der Waals surface area contributed by atoms with Crippen molar-refractivity contribution in [3.05, 3.63) is 94.4 Å². The van der Waals surface area contributed by atoms with Gasteiger partial charge in [-0.25, -0.2) is 4.79 Å². The number of cyclic esters (lactones) is 1. The van der Waals surface area contributed by atoms with Gasteiger partial charge in [0.15, 0.2) is 0 Å². The summed E-state index contributed by atoms with van der Waals surface area (Å²) in [5.41, 5.74) is 0.714. The maximum atomic E-state index is 12.6. The van der Waals surface area contributed by atoms with Crippen molar-refractivity contribution in [1.29, 1.82) is 0 Å². The first-order chi connectivity index (χ1) is 28.9. The zero-order valence-electron chi connectivity index (χ0n) is 39.8. The largest absolute Gasteiger partial charge is 0.423 e. The van der Waals surface area contributed by atoms with Crippen LogP contribution in [0.5, 0.6) is 0 Å². The first-order valence-electron chi connectivity index (χ1n) is 23.9. The van der Waals surface area contributed by atoms with Crippen molar-refractivity contribution in [2.24, 2.45) is 10.8 Å². The number of esters is 1. The first kappa shape index (κ1) is 52.1. The summed E-state index contributed by atoms with van der Waals surface area (Å²) in [6.45, 7) is 19.0. The lowest BCUT2D eigenvalue weighted by Gasteiger charge is -2.54. The minimum absolute atomic E-state index is 0.0143. The van der Waals surface area contributed by atoms with Crippen LogP contribution in [0.2, 0.25) is 0 Å². The average molecular weight is 841 g/mol. The number of hydrogen-bond donors (Lipinski definition) is 3. The van der Waals surface area contributed by atoms with Crippen LogP contribution in [-0.4, -0.2) is 51.3 Å². The van der Waals surface area contributed by atoms with Crippen molar-refractivity contribution in [3.63, 3.8) is 0 Å². The lowest BCUT2D eigenvalue weighted by molar-refractivity contribution is -0.216. The molecule has 3 aliphatic rings. The molecule has 1 heterocycles. The highest BCUT2D eigenvalue weighted by Crippen LogP contribution is 2.50. The van der Waals surface area contributed by atoms with E-state index in [2.05, 4.69) is 39.5 Å². The molecule has 3 rings (SSSR count). The zero-order valence-corrected chi connectivity index (χ0v) is 39.8. The Kier molecular flexibility index (Phi) is 22.0. The van der Waals surface area contributed by atoms with Gasteiger partial charge in [-0.1, -0.05) is 185 Å². The molecule has 0 aromatic carbocycles. The van der Waals surface area contributed by atoms with E-state index in [4.69, 9.17) is 9.47 Å². The van der Waals surface area contributed by atoms with Crippen molar-refractivity contribution < 1.29 is 29.6 Å². The number of carbonyl (C=O) groups is 1. The van der Waals surface area contributed by atoms with Gasteiger partial charge in [0.1, 0.15) is 11.4 Å². The van der Waals surface area contributed by atoms with Crippen molar-refractivity contribution in [1.82, 2.24) is 0 Å². The Balaban J connectivity index is 1.37. The summed E-state index contributed by atoms with van der Waals surface area (Å²) < 4.78 is 11.8. The number of allylic oxidation sites excluding steroid dienone is 11. The van der Waals surface area contributed by atoms with E-state index in [1.54, 1.807) is 26.0 Å². The highest BCUT2D eigenvalue weighted by atomic mass is 16.5. The molecule has 0 saturated heterocycles. The van der Waals surface area contributed by atoms with Gasteiger partial charge >= 0.3 is 5.97 Å². The number of rotatable bonds is 24. The fraction of sp³-hybridized carbons (Fsp3) is 0.655. The van der Waals surface area contributed by atoms with E-state index in [1.807, 2.05) is 50.3 Å². The third-order valence-electron chi connectivity index (χ3n) is 13.0. The van der Waals surface area contributed by atoms with Crippen LogP contribution in [0.25, 0.3) is 0 Å². The van der Waals surface area contributed by atoms with Crippen molar-refractivity contribution in [3.8, 4) is 11.8 Å².